The lowest BCUT2D eigenvalue weighted by atomic mass is 10.2. The van der Waals surface area contributed by atoms with Crippen LogP contribution in [-0.4, -0.2) is 34.6 Å². The smallest absolute Gasteiger partial charge is 0.247 e. The zero-order valence-electron chi connectivity index (χ0n) is 13.3. The van der Waals surface area contributed by atoms with E-state index < -0.39 is 6.10 Å². The molecule has 2 aromatic carbocycles. The average Bonchev–Trinajstić information content (AvgIpc) is 3.14. The molecule has 1 heterocycles. The topological polar surface area (TPSA) is 77.6 Å². The van der Waals surface area contributed by atoms with E-state index in [0.717, 1.165) is 16.9 Å². The van der Waals surface area contributed by atoms with Crippen LogP contribution >= 0.6 is 0 Å². The van der Waals surface area contributed by atoms with Gasteiger partial charge in [0.1, 0.15) is 30.8 Å². The van der Waals surface area contributed by atoms with Gasteiger partial charge >= 0.3 is 0 Å². The van der Waals surface area contributed by atoms with Gasteiger partial charge in [0.05, 0.1) is 0 Å². The summed E-state index contributed by atoms with van der Waals surface area (Å²) in [5.41, 5.74) is 1.84. The summed E-state index contributed by atoms with van der Waals surface area (Å²) in [4.78, 5) is 0. The number of nitrogens with zero attached hydrogens (tertiary/aromatic N) is 2. The van der Waals surface area contributed by atoms with Gasteiger partial charge in [0.25, 0.3) is 0 Å². The Morgan fingerprint density at radius 2 is 1.79 bits per heavy atom. The van der Waals surface area contributed by atoms with E-state index in [2.05, 4.69) is 10.2 Å². The first-order valence-corrected chi connectivity index (χ1v) is 7.58. The molecule has 1 N–H and O–H groups in total. The van der Waals surface area contributed by atoms with Gasteiger partial charge in [-0.2, -0.15) is 0 Å². The van der Waals surface area contributed by atoms with Gasteiger partial charge in [-0.15, -0.1) is 10.2 Å². The number of ether oxygens (including phenoxy) is 2. The van der Waals surface area contributed by atoms with Gasteiger partial charge in [-0.25, -0.2) is 0 Å². The maximum atomic E-state index is 9.98. The van der Waals surface area contributed by atoms with Crippen LogP contribution in [0.15, 0.2) is 59.3 Å². The second-order valence-electron chi connectivity index (χ2n) is 5.31. The van der Waals surface area contributed by atoms with E-state index >= 15 is 0 Å². The van der Waals surface area contributed by atoms with Crippen LogP contribution in [0.2, 0.25) is 0 Å². The summed E-state index contributed by atoms with van der Waals surface area (Å²) in [6.45, 7) is 2.28. The summed E-state index contributed by atoms with van der Waals surface area (Å²) in [6.07, 6.45) is 0.560. The lowest BCUT2D eigenvalue weighted by molar-refractivity contribution is 0.0624. The number of rotatable bonds is 7. The summed E-state index contributed by atoms with van der Waals surface area (Å²) >= 11 is 0. The van der Waals surface area contributed by atoms with Gasteiger partial charge < -0.3 is 19.0 Å². The largest absolute Gasteiger partial charge is 0.491 e. The minimum Gasteiger partial charge on any atom is -0.491 e. The molecule has 0 bridgehead atoms. The van der Waals surface area contributed by atoms with Crippen molar-refractivity contribution in [2.45, 2.75) is 13.0 Å². The standard InChI is InChI=1S/C18H18N2O4/c1-13-4-2-3-5-17(13)23-11-15(21)10-22-16-8-6-14(7-9-16)18-20-19-12-24-18/h2-9,12,15,21H,10-11H2,1H3. The number of aliphatic hydroxyl groups is 1. The van der Waals surface area contributed by atoms with Gasteiger partial charge in [0.15, 0.2) is 0 Å². The van der Waals surface area contributed by atoms with Crippen LogP contribution < -0.4 is 9.47 Å². The van der Waals surface area contributed by atoms with Crippen LogP contribution in [0.1, 0.15) is 5.56 Å². The van der Waals surface area contributed by atoms with Crippen LogP contribution in [0.5, 0.6) is 11.5 Å². The Bertz CT molecular complexity index is 757. The van der Waals surface area contributed by atoms with E-state index in [9.17, 15) is 5.11 Å². The Morgan fingerprint density at radius 3 is 2.50 bits per heavy atom. The number of aromatic nitrogens is 2. The highest BCUT2D eigenvalue weighted by molar-refractivity contribution is 5.53. The number of aliphatic hydroxyl groups excluding tert-OH is 1. The second kappa shape index (κ2) is 7.61. The Hall–Kier alpha value is -2.86. The average molecular weight is 326 g/mol. The van der Waals surface area contributed by atoms with Crippen molar-refractivity contribution in [2.24, 2.45) is 0 Å². The summed E-state index contributed by atoms with van der Waals surface area (Å²) in [5, 5.41) is 17.5. The summed E-state index contributed by atoms with van der Waals surface area (Å²) in [5.74, 6) is 1.86. The zero-order chi connectivity index (χ0) is 16.8. The van der Waals surface area contributed by atoms with Gasteiger partial charge in [-0.05, 0) is 42.8 Å². The molecular weight excluding hydrogens is 308 g/mol. The summed E-state index contributed by atoms with van der Waals surface area (Å²) in [7, 11) is 0. The molecule has 0 saturated carbocycles. The van der Waals surface area contributed by atoms with Crippen LogP contribution in [0.4, 0.5) is 0 Å². The molecule has 6 heteroatoms. The highest BCUT2D eigenvalue weighted by Gasteiger charge is 2.08. The minimum absolute atomic E-state index is 0.145. The highest BCUT2D eigenvalue weighted by atomic mass is 16.5. The Labute approximate surface area is 139 Å². The van der Waals surface area contributed by atoms with Crippen molar-refractivity contribution >= 4 is 0 Å². The van der Waals surface area contributed by atoms with Crippen molar-refractivity contribution in [3.8, 4) is 23.0 Å². The molecule has 1 aromatic heterocycles. The van der Waals surface area contributed by atoms with Gasteiger partial charge in [-0.3, -0.25) is 0 Å². The molecule has 0 aliphatic carbocycles. The van der Waals surface area contributed by atoms with Gasteiger partial charge in [-0.1, -0.05) is 18.2 Å². The highest BCUT2D eigenvalue weighted by Crippen LogP contribution is 2.20. The maximum Gasteiger partial charge on any atom is 0.247 e. The predicted molar refractivity (Wildman–Crippen MR) is 87.9 cm³/mol. The fourth-order valence-corrected chi connectivity index (χ4v) is 2.14. The molecule has 0 saturated heterocycles. The molecule has 0 aliphatic heterocycles. The van der Waals surface area contributed by atoms with E-state index in [1.807, 2.05) is 43.3 Å². The van der Waals surface area contributed by atoms with E-state index in [0.29, 0.717) is 11.6 Å². The Kier molecular flexibility index (Phi) is 5.08. The summed E-state index contributed by atoms with van der Waals surface area (Å²) < 4.78 is 16.3. The number of hydrogen-bond acceptors (Lipinski definition) is 6. The number of aryl methyl sites for hydroxylation is 1. The molecule has 0 aliphatic rings. The molecule has 6 nitrogen and oxygen atoms in total. The van der Waals surface area contributed by atoms with Gasteiger partial charge in [0, 0.05) is 5.56 Å². The SMILES string of the molecule is Cc1ccccc1OCC(O)COc1ccc(-c2nnco2)cc1. The molecule has 0 amide bonds. The molecule has 1 unspecified atom stereocenters. The third-order valence-electron chi connectivity index (χ3n) is 3.43. The van der Waals surface area contributed by atoms with Crippen molar-refractivity contribution in [1.29, 1.82) is 0 Å². The first kappa shape index (κ1) is 16.0. The monoisotopic (exact) mass is 326 g/mol. The normalized spacial score (nSPS) is 11.9. The zero-order valence-corrected chi connectivity index (χ0v) is 13.3. The predicted octanol–water partition coefficient (Wildman–Crippen LogP) is 2.86. The summed E-state index contributed by atoms with van der Waals surface area (Å²) in [6, 6.07) is 14.9. The molecule has 3 aromatic rings. The molecule has 0 radical (unpaired) electrons. The molecule has 24 heavy (non-hydrogen) atoms. The molecular formula is C18H18N2O4. The molecule has 124 valence electrons. The number of para-hydroxylation sites is 1. The fraction of sp³-hybridized carbons (Fsp3) is 0.222. The van der Waals surface area contributed by atoms with E-state index in [1.54, 1.807) is 12.1 Å². The third-order valence-corrected chi connectivity index (χ3v) is 3.43. The van der Waals surface area contributed by atoms with Crippen molar-refractivity contribution < 1.29 is 19.0 Å². The van der Waals surface area contributed by atoms with Crippen molar-refractivity contribution in [1.82, 2.24) is 10.2 Å². The van der Waals surface area contributed by atoms with Crippen LogP contribution in [-0.2, 0) is 0 Å². The second-order valence-corrected chi connectivity index (χ2v) is 5.31. The van der Waals surface area contributed by atoms with Crippen LogP contribution in [0.25, 0.3) is 11.5 Å². The van der Waals surface area contributed by atoms with Crippen LogP contribution in [0, 0.1) is 6.92 Å². The van der Waals surface area contributed by atoms with E-state index in [4.69, 9.17) is 13.9 Å². The Morgan fingerprint density at radius 1 is 1.04 bits per heavy atom. The first-order valence-electron chi connectivity index (χ1n) is 7.58. The lowest BCUT2D eigenvalue weighted by Crippen LogP contribution is -2.25. The lowest BCUT2D eigenvalue weighted by Gasteiger charge is -2.14. The van der Waals surface area contributed by atoms with Crippen molar-refractivity contribution in [3.05, 3.63) is 60.5 Å². The van der Waals surface area contributed by atoms with Crippen molar-refractivity contribution in [2.75, 3.05) is 13.2 Å². The Balaban J connectivity index is 1.47. The van der Waals surface area contributed by atoms with Crippen molar-refractivity contribution in [3.63, 3.8) is 0 Å². The van der Waals surface area contributed by atoms with Crippen LogP contribution in [0.3, 0.4) is 0 Å². The number of hydrogen-bond donors (Lipinski definition) is 1. The maximum absolute atomic E-state index is 9.98. The molecule has 0 fully saturated rings. The number of benzene rings is 2. The third kappa shape index (κ3) is 4.11. The van der Waals surface area contributed by atoms with E-state index in [1.165, 1.54) is 6.39 Å². The quantitative estimate of drug-likeness (QED) is 0.719. The first-order chi connectivity index (χ1) is 11.7. The molecule has 0 spiro atoms. The van der Waals surface area contributed by atoms with E-state index in [-0.39, 0.29) is 13.2 Å². The molecule has 1 atom stereocenters. The van der Waals surface area contributed by atoms with Gasteiger partial charge in [0.2, 0.25) is 12.3 Å². The molecule has 3 rings (SSSR count). The fourth-order valence-electron chi connectivity index (χ4n) is 2.14. The minimum atomic E-state index is -0.722.